The Hall–Kier alpha value is -3.08. The quantitative estimate of drug-likeness (QED) is 0.776. The fourth-order valence-corrected chi connectivity index (χ4v) is 3.77. The molecule has 0 spiro atoms. The van der Waals surface area contributed by atoms with E-state index in [-0.39, 0.29) is 11.9 Å². The first-order valence-electron chi connectivity index (χ1n) is 9.29. The van der Waals surface area contributed by atoms with Crippen LogP contribution in [0.3, 0.4) is 0 Å². The number of fused-ring (bicyclic) bond motifs is 1. The Morgan fingerprint density at radius 1 is 1.11 bits per heavy atom. The number of nitrogens with one attached hydrogen (secondary N) is 1. The van der Waals surface area contributed by atoms with Gasteiger partial charge in [0, 0.05) is 32.7 Å². The molecule has 5 heteroatoms. The summed E-state index contributed by atoms with van der Waals surface area (Å²) in [4.78, 5) is 15.3. The zero-order chi connectivity index (χ0) is 18.8. The summed E-state index contributed by atoms with van der Waals surface area (Å²) >= 11 is 0. The molecular weight excluding hydrogens is 336 g/mol. The zero-order valence-electron chi connectivity index (χ0n) is 15.7. The summed E-state index contributed by atoms with van der Waals surface area (Å²) in [5, 5.41) is 7.56. The van der Waals surface area contributed by atoms with E-state index in [0.29, 0.717) is 12.0 Å². The Kier molecular flexibility index (Phi) is 4.67. The molecule has 1 amide bonds. The van der Waals surface area contributed by atoms with Crippen molar-refractivity contribution < 1.29 is 4.79 Å². The van der Waals surface area contributed by atoms with Crippen LogP contribution in [0.1, 0.15) is 39.6 Å². The monoisotopic (exact) mass is 360 g/mol. The first-order valence-corrected chi connectivity index (χ1v) is 9.29. The van der Waals surface area contributed by atoms with E-state index in [9.17, 15) is 4.79 Å². The van der Waals surface area contributed by atoms with E-state index in [4.69, 9.17) is 0 Å². The number of para-hydroxylation sites is 1. The topological polar surface area (TPSA) is 50.2 Å². The normalized spacial score (nSPS) is 16.1. The molecule has 1 aromatic heterocycles. The molecule has 0 saturated heterocycles. The third kappa shape index (κ3) is 3.45. The van der Waals surface area contributed by atoms with Crippen LogP contribution in [0.15, 0.2) is 60.8 Å². The molecule has 3 aromatic rings. The number of carbonyl (C=O) groups is 1. The summed E-state index contributed by atoms with van der Waals surface area (Å²) in [7, 11) is 3.98. The van der Waals surface area contributed by atoms with Crippen LogP contribution in [-0.4, -0.2) is 29.3 Å². The Morgan fingerprint density at radius 3 is 2.67 bits per heavy atom. The van der Waals surface area contributed by atoms with Crippen LogP contribution in [0.5, 0.6) is 0 Å². The van der Waals surface area contributed by atoms with Gasteiger partial charge in [-0.25, -0.2) is 0 Å². The predicted octanol–water partition coefficient (Wildman–Crippen LogP) is 3.32. The summed E-state index contributed by atoms with van der Waals surface area (Å²) < 4.78 is 1.80. The number of amides is 1. The smallest absolute Gasteiger partial charge is 0.255 e. The van der Waals surface area contributed by atoms with Crippen LogP contribution < -0.4 is 10.2 Å². The number of hydrogen-bond donors (Lipinski definition) is 1. The molecule has 27 heavy (non-hydrogen) atoms. The summed E-state index contributed by atoms with van der Waals surface area (Å²) in [6, 6.07) is 18.5. The van der Waals surface area contributed by atoms with Crippen molar-refractivity contribution in [3.05, 3.63) is 83.2 Å². The second-order valence-electron chi connectivity index (χ2n) is 7.09. The van der Waals surface area contributed by atoms with Gasteiger partial charge in [-0.05, 0) is 23.6 Å². The molecule has 1 N–H and O–H groups in total. The van der Waals surface area contributed by atoms with Crippen LogP contribution in [0.25, 0.3) is 0 Å². The number of aryl methyl sites for hydroxylation is 1. The number of nitrogens with zero attached hydrogens (tertiary/aromatic N) is 3. The Labute approximate surface area is 159 Å². The number of rotatable bonds is 4. The number of benzene rings is 2. The summed E-state index contributed by atoms with van der Waals surface area (Å²) in [5.41, 5.74) is 5.11. The fourth-order valence-electron chi connectivity index (χ4n) is 3.77. The van der Waals surface area contributed by atoms with Gasteiger partial charge >= 0.3 is 0 Å². The van der Waals surface area contributed by atoms with Crippen molar-refractivity contribution in [2.45, 2.75) is 18.9 Å². The molecule has 0 bridgehead atoms. The second-order valence-corrected chi connectivity index (χ2v) is 7.09. The lowest BCUT2D eigenvalue weighted by molar-refractivity contribution is 0.0933. The van der Waals surface area contributed by atoms with Gasteiger partial charge in [0.25, 0.3) is 5.91 Å². The third-order valence-electron chi connectivity index (χ3n) is 5.30. The van der Waals surface area contributed by atoms with Gasteiger partial charge < -0.3 is 10.2 Å². The highest BCUT2D eigenvalue weighted by Crippen LogP contribution is 2.32. The lowest BCUT2D eigenvalue weighted by atomic mass is 9.96. The number of hydrogen-bond acceptors (Lipinski definition) is 3. The lowest BCUT2D eigenvalue weighted by Gasteiger charge is -2.33. The van der Waals surface area contributed by atoms with Crippen molar-refractivity contribution >= 4 is 11.6 Å². The minimum atomic E-state index is -0.0570. The van der Waals surface area contributed by atoms with Crippen molar-refractivity contribution in [2.75, 3.05) is 18.5 Å². The van der Waals surface area contributed by atoms with Gasteiger partial charge in [-0.2, -0.15) is 5.10 Å². The van der Waals surface area contributed by atoms with Crippen LogP contribution in [0.2, 0.25) is 0 Å². The van der Waals surface area contributed by atoms with Crippen molar-refractivity contribution in [3.8, 4) is 0 Å². The van der Waals surface area contributed by atoms with E-state index in [1.165, 1.54) is 16.8 Å². The van der Waals surface area contributed by atoms with Crippen LogP contribution in [0.4, 0.5) is 5.69 Å². The Balaban J connectivity index is 1.57. The van der Waals surface area contributed by atoms with Crippen molar-refractivity contribution in [1.29, 1.82) is 0 Å². The fraction of sp³-hybridized carbons (Fsp3) is 0.273. The number of aromatic nitrogens is 2. The van der Waals surface area contributed by atoms with Crippen LogP contribution in [0, 0.1) is 0 Å². The van der Waals surface area contributed by atoms with Crippen LogP contribution >= 0.6 is 0 Å². The maximum Gasteiger partial charge on any atom is 0.255 e. The van der Waals surface area contributed by atoms with E-state index in [1.807, 2.05) is 37.4 Å². The van der Waals surface area contributed by atoms with E-state index >= 15 is 0 Å². The van der Waals surface area contributed by atoms with E-state index in [2.05, 4.69) is 46.6 Å². The average molecular weight is 360 g/mol. The third-order valence-corrected chi connectivity index (χ3v) is 5.30. The maximum absolute atomic E-state index is 13.1. The highest BCUT2D eigenvalue weighted by Gasteiger charge is 2.26. The minimum Gasteiger partial charge on any atom is -0.374 e. The SMILES string of the molecule is CN1CCC(NC(=O)c2cnn(C)c2Cc2ccccc2)c2ccccc21. The average Bonchev–Trinajstić information content (AvgIpc) is 3.05. The van der Waals surface area contributed by atoms with Gasteiger partial charge in [0.1, 0.15) is 0 Å². The first-order chi connectivity index (χ1) is 13.1. The highest BCUT2D eigenvalue weighted by atomic mass is 16.1. The van der Waals surface area contributed by atoms with E-state index in [1.54, 1.807) is 10.9 Å². The summed E-state index contributed by atoms with van der Waals surface area (Å²) in [5.74, 6) is -0.0570. The minimum absolute atomic E-state index is 0.0229. The molecule has 138 valence electrons. The lowest BCUT2D eigenvalue weighted by Crippen LogP contribution is -2.36. The standard InChI is InChI=1S/C22H24N4O/c1-25-13-12-19(17-10-6-7-11-20(17)25)24-22(27)18-15-23-26(2)21(18)14-16-8-4-3-5-9-16/h3-11,15,19H,12-14H2,1-2H3,(H,24,27). The van der Waals surface area contributed by atoms with Crippen LogP contribution in [-0.2, 0) is 13.5 Å². The summed E-state index contributed by atoms with van der Waals surface area (Å²) in [6.45, 7) is 0.922. The zero-order valence-corrected chi connectivity index (χ0v) is 15.7. The summed E-state index contributed by atoms with van der Waals surface area (Å²) in [6.07, 6.45) is 3.26. The predicted molar refractivity (Wildman–Crippen MR) is 107 cm³/mol. The molecular formula is C22H24N4O. The molecule has 1 aliphatic rings. The molecule has 1 atom stereocenters. The van der Waals surface area contributed by atoms with E-state index in [0.717, 1.165) is 18.7 Å². The molecule has 0 radical (unpaired) electrons. The van der Waals surface area contributed by atoms with E-state index < -0.39 is 0 Å². The van der Waals surface area contributed by atoms with Gasteiger partial charge in [-0.3, -0.25) is 9.48 Å². The van der Waals surface area contributed by atoms with Gasteiger partial charge in [0.15, 0.2) is 0 Å². The molecule has 0 saturated carbocycles. The van der Waals surface area contributed by atoms with Gasteiger partial charge in [0.2, 0.25) is 0 Å². The molecule has 2 aromatic carbocycles. The molecule has 5 nitrogen and oxygen atoms in total. The van der Waals surface area contributed by atoms with Gasteiger partial charge in [0.05, 0.1) is 23.5 Å². The largest absolute Gasteiger partial charge is 0.374 e. The molecule has 1 unspecified atom stereocenters. The number of anilines is 1. The van der Waals surface area contributed by atoms with Gasteiger partial charge in [-0.15, -0.1) is 0 Å². The number of carbonyl (C=O) groups excluding carboxylic acids is 1. The van der Waals surface area contributed by atoms with Crippen molar-refractivity contribution in [3.63, 3.8) is 0 Å². The maximum atomic E-state index is 13.1. The van der Waals surface area contributed by atoms with Gasteiger partial charge in [-0.1, -0.05) is 48.5 Å². The molecule has 0 fully saturated rings. The molecule has 1 aliphatic heterocycles. The second kappa shape index (κ2) is 7.27. The molecule has 4 rings (SSSR count). The Morgan fingerprint density at radius 2 is 1.85 bits per heavy atom. The Bertz CT molecular complexity index is 948. The molecule has 0 aliphatic carbocycles. The van der Waals surface area contributed by atoms with Crippen molar-refractivity contribution in [1.82, 2.24) is 15.1 Å². The first kappa shape index (κ1) is 17.3. The highest BCUT2D eigenvalue weighted by molar-refractivity contribution is 5.95. The molecule has 2 heterocycles. The van der Waals surface area contributed by atoms with Crippen molar-refractivity contribution in [2.24, 2.45) is 7.05 Å².